The predicted molar refractivity (Wildman–Crippen MR) is 63.3 cm³/mol. The second-order valence-corrected chi connectivity index (χ2v) is 4.33. The average molecular weight is 229 g/mol. The molecule has 1 aromatic heterocycles. The number of hydrogen-bond acceptors (Lipinski definition) is 3. The first-order chi connectivity index (χ1) is 7.03. The third kappa shape index (κ3) is 4.49. The quantitative estimate of drug-likeness (QED) is 0.762. The zero-order valence-corrected chi connectivity index (χ0v) is 9.88. The standard InChI is InChI=1S/C11H17ClN2O/c1-3-7-11(2,15)8-13-10-6-4-5-9(12)14-10/h4-6,15H,3,7-8H2,1-2H3,(H,13,14). The van der Waals surface area contributed by atoms with E-state index in [2.05, 4.69) is 10.3 Å². The van der Waals surface area contributed by atoms with Crippen LogP contribution in [0, 0.1) is 0 Å². The lowest BCUT2D eigenvalue weighted by molar-refractivity contribution is 0.0636. The molecule has 0 radical (unpaired) electrons. The number of pyridine rings is 1. The van der Waals surface area contributed by atoms with Gasteiger partial charge in [0.2, 0.25) is 0 Å². The molecule has 2 N–H and O–H groups in total. The minimum Gasteiger partial charge on any atom is -0.388 e. The Hall–Kier alpha value is -0.800. The van der Waals surface area contributed by atoms with E-state index in [-0.39, 0.29) is 0 Å². The fraction of sp³-hybridized carbons (Fsp3) is 0.545. The first-order valence-electron chi connectivity index (χ1n) is 5.12. The Morgan fingerprint density at radius 2 is 2.27 bits per heavy atom. The molecule has 1 aromatic rings. The molecule has 0 saturated heterocycles. The number of aromatic nitrogens is 1. The molecular formula is C11H17ClN2O. The van der Waals surface area contributed by atoms with Crippen LogP contribution in [0.15, 0.2) is 18.2 Å². The zero-order chi connectivity index (χ0) is 11.3. The minimum absolute atomic E-state index is 0.454. The molecule has 15 heavy (non-hydrogen) atoms. The van der Waals surface area contributed by atoms with Crippen LogP contribution >= 0.6 is 11.6 Å². The third-order valence-electron chi connectivity index (χ3n) is 2.15. The van der Waals surface area contributed by atoms with Crippen molar-refractivity contribution < 1.29 is 5.11 Å². The maximum atomic E-state index is 9.92. The highest BCUT2D eigenvalue weighted by Gasteiger charge is 2.18. The van der Waals surface area contributed by atoms with Crippen molar-refractivity contribution in [2.45, 2.75) is 32.3 Å². The summed E-state index contributed by atoms with van der Waals surface area (Å²) in [6.45, 7) is 4.34. The Labute approximate surface area is 95.5 Å². The second-order valence-electron chi connectivity index (χ2n) is 3.95. The molecule has 1 unspecified atom stereocenters. The van der Waals surface area contributed by atoms with Gasteiger partial charge in [-0.15, -0.1) is 0 Å². The summed E-state index contributed by atoms with van der Waals surface area (Å²) in [7, 11) is 0. The topological polar surface area (TPSA) is 45.1 Å². The number of halogens is 1. The van der Waals surface area contributed by atoms with Gasteiger partial charge in [-0.3, -0.25) is 0 Å². The maximum Gasteiger partial charge on any atom is 0.131 e. The lowest BCUT2D eigenvalue weighted by atomic mass is 10.0. The van der Waals surface area contributed by atoms with Gasteiger partial charge in [-0.2, -0.15) is 0 Å². The first kappa shape index (κ1) is 12.3. The first-order valence-corrected chi connectivity index (χ1v) is 5.50. The van der Waals surface area contributed by atoms with Gasteiger partial charge in [0.25, 0.3) is 0 Å². The number of rotatable bonds is 5. The molecule has 3 nitrogen and oxygen atoms in total. The van der Waals surface area contributed by atoms with Crippen LogP contribution in [-0.4, -0.2) is 22.2 Å². The van der Waals surface area contributed by atoms with E-state index >= 15 is 0 Å². The molecule has 0 aromatic carbocycles. The van der Waals surface area contributed by atoms with Gasteiger partial charge in [0.1, 0.15) is 11.0 Å². The molecule has 0 bridgehead atoms. The molecule has 0 amide bonds. The van der Waals surface area contributed by atoms with Crippen molar-refractivity contribution in [2.24, 2.45) is 0 Å². The van der Waals surface area contributed by atoms with E-state index in [9.17, 15) is 5.11 Å². The number of nitrogens with one attached hydrogen (secondary N) is 1. The smallest absolute Gasteiger partial charge is 0.131 e. The van der Waals surface area contributed by atoms with E-state index < -0.39 is 5.60 Å². The lowest BCUT2D eigenvalue weighted by Crippen LogP contribution is -2.33. The summed E-state index contributed by atoms with van der Waals surface area (Å²) in [5.74, 6) is 0.693. The largest absolute Gasteiger partial charge is 0.388 e. The van der Waals surface area contributed by atoms with Gasteiger partial charge in [-0.1, -0.05) is 31.0 Å². The molecular weight excluding hydrogens is 212 g/mol. The van der Waals surface area contributed by atoms with E-state index in [0.29, 0.717) is 17.5 Å². The van der Waals surface area contributed by atoms with Crippen LogP contribution in [0.25, 0.3) is 0 Å². The second kappa shape index (κ2) is 5.33. The summed E-state index contributed by atoms with van der Waals surface area (Å²) >= 11 is 5.74. The van der Waals surface area contributed by atoms with Crippen LogP contribution in [0.2, 0.25) is 5.15 Å². The van der Waals surface area contributed by atoms with E-state index in [4.69, 9.17) is 11.6 Å². The Morgan fingerprint density at radius 3 is 2.87 bits per heavy atom. The molecule has 1 heterocycles. The molecule has 0 aliphatic heterocycles. The lowest BCUT2D eigenvalue weighted by Gasteiger charge is -2.23. The van der Waals surface area contributed by atoms with Crippen LogP contribution in [0.5, 0.6) is 0 Å². The van der Waals surface area contributed by atoms with Gasteiger partial charge < -0.3 is 10.4 Å². The van der Waals surface area contributed by atoms with Crippen molar-refractivity contribution in [1.29, 1.82) is 0 Å². The fourth-order valence-corrected chi connectivity index (χ4v) is 1.58. The van der Waals surface area contributed by atoms with E-state index in [1.54, 1.807) is 6.07 Å². The van der Waals surface area contributed by atoms with Crippen molar-refractivity contribution in [3.8, 4) is 0 Å². The third-order valence-corrected chi connectivity index (χ3v) is 2.36. The number of aliphatic hydroxyl groups is 1. The highest BCUT2D eigenvalue weighted by atomic mass is 35.5. The van der Waals surface area contributed by atoms with Gasteiger partial charge >= 0.3 is 0 Å². The van der Waals surface area contributed by atoms with Crippen molar-refractivity contribution in [1.82, 2.24) is 4.98 Å². The molecule has 0 fully saturated rings. The summed E-state index contributed by atoms with van der Waals surface area (Å²) in [5, 5.41) is 13.4. The van der Waals surface area contributed by atoms with Crippen molar-refractivity contribution in [2.75, 3.05) is 11.9 Å². The minimum atomic E-state index is -0.696. The van der Waals surface area contributed by atoms with Crippen molar-refractivity contribution >= 4 is 17.4 Å². The Bertz CT molecular complexity index is 315. The summed E-state index contributed by atoms with van der Waals surface area (Å²) in [6.07, 6.45) is 1.72. The monoisotopic (exact) mass is 228 g/mol. The number of nitrogens with zero attached hydrogens (tertiary/aromatic N) is 1. The summed E-state index contributed by atoms with van der Waals surface area (Å²) < 4.78 is 0. The number of anilines is 1. The SMILES string of the molecule is CCCC(C)(O)CNc1cccc(Cl)n1. The van der Waals surface area contributed by atoms with Crippen molar-refractivity contribution in [3.05, 3.63) is 23.4 Å². The predicted octanol–water partition coefficient (Wildman–Crippen LogP) is 2.70. The van der Waals surface area contributed by atoms with E-state index in [1.807, 2.05) is 26.0 Å². The summed E-state index contributed by atoms with van der Waals surface area (Å²) in [6, 6.07) is 5.37. The highest BCUT2D eigenvalue weighted by Crippen LogP contribution is 2.14. The zero-order valence-electron chi connectivity index (χ0n) is 9.13. The Balaban J connectivity index is 2.49. The number of hydrogen-bond donors (Lipinski definition) is 2. The fourth-order valence-electron chi connectivity index (χ4n) is 1.41. The van der Waals surface area contributed by atoms with Gasteiger partial charge in [-0.25, -0.2) is 4.98 Å². The molecule has 84 valence electrons. The average Bonchev–Trinajstić information content (AvgIpc) is 2.15. The van der Waals surface area contributed by atoms with Gasteiger partial charge in [-0.05, 0) is 25.5 Å². The molecule has 0 spiro atoms. The van der Waals surface area contributed by atoms with Crippen LogP contribution in [0.1, 0.15) is 26.7 Å². The highest BCUT2D eigenvalue weighted by molar-refractivity contribution is 6.29. The molecule has 1 rings (SSSR count). The van der Waals surface area contributed by atoms with Gasteiger partial charge in [0, 0.05) is 6.54 Å². The molecule has 0 aliphatic rings. The van der Waals surface area contributed by atoms with E-state index in [0.717, 1.165) is 12.8 Å². The maximum absolute atomic E-state index is 9.92. The molecule has 1 atom stereocenters. The molecule has 4 heteroatoms. The van der Waals surface area contributed by atoms with Crippen LogP contribution in [0.4, 0.5) is 5.82 Å². The molecule has 0 aliphatic carbocycles. The van der Waals surface area contributed by atoms with E-state index in [1.165, 1.54) is 0 Å². The normalized spacial score (nSPS) is 14.7. The summed E-state index contributed by atoms with van der Waals surface area (Å²) in [5.41, 5.74) is -0.696. The van der Waals surface area contributed by atoms with Crippen LogP contribution in [-0.2, 0) is 0 Å². The Kier molecular flexibility index (Phi) is 4.36. The Morgan fingerprint density at radius 1 is 1.53 bits per heavy atom. The van der Waals surface area contributed by atoms with Crippen molar-refractivity contribution in [3.63, 3.8) is 0 Å². The van der Waals surface area contributed by atoms with Gasteiger partial charge in [0.15, 0.2) is 0 Å². The van der Waals surface area contributed by atoms with Crippen LogP contribution in [0.3, 0.4) is 0 Å². The van der Waals surface area contributed by atoms with Crippen LogP contribution < -0.4 is 5.32 Å². The molecule has 0 saturated carbocycles. The van der Waals surface area contributed by atoms with Gasteiger partial charge in [0.05, 0.1) is 5.60 Å². The summed E-state index contributed by atoms with van der Waals surface area (Å²) in [4.78, 5) is 4.08.